The summed E-state index contributed by atoms with van der Waals surface area (Å²) in [7, 11) is 0. The Morgan fingerprint density at radius 1 is 0.349 bits per heavy atom. The molecule has 6 nitrogen and oxygen atoms in total. The molecule has 1 unspecified atom stereocenters. The Bertz CT molecular complexity index is 1370. The molecule has 0 aromatic rings. The molecule has 0 rings (SSSR count). The smallest absolute Gasteiger partial charge is 0.310 e. The van der Waals surface area contributed by atoms with Crippen LogP contribution in [0.5, 0.6) is 0 Å². The maximum Gasteiger partial charge on any atom is 0.310 e. The summed E-state index contributed by atoms with van der Waals surface area (Å²) in [6, 6.07) is 0. The molecule has 0 aliphatic rings. The highest BCUT2D eigenvalue weighted by Gasteiger charge is 2.19. The second kappa shape index (κ2) is 50.5. The summed E-state index contributed by atoms with van der Waals surface area (Å²) in [5.41, 5.74) is 0. The van der Waals surface area contributed by atoms with E-state index in [1.807, 2.05) is 6.08 Å². The van der Waals surface area contributed by atoms with Crippen molar-refractivity contribution in [3.8, 4) is 0 Å². The van der Waals surface area contributed by atoms with Gasteiger partial charge < -0.3 is 14.2 Å². The summed E-state index contributed by atoms with van der Waals surface area (Å²) < 4.78 is 16.6. The Balaban J connectivity index is 4.57. The molecule has 0 saturated heterocycles. The van der Waals surface area contributed by atoms with E-state index in [1.165, 1.54) is 51.4 Å². The SMILES string of the molecule is CC/C=C\C/C=C\C/C=C\C/C=C\C/C=C\CCCCCC(=O)OCC(COC(=O)CCCCCCCCCCCCC)OC(=O)C/C=C\C/C=C\C/C=C\C/C=C\C/C=C\CC. The van der Waals surface area contributed by atoms with Crippen LogP contribution in [0.3, 0.4) is 0 Å². The number of unbranched alkanes of at least 4 members (excludes halogenated alkanes) is 13. The molecule has 0 amide bonds. The molecule has 1 atom stereocenters. The van der Waals surface area contributed by atoms with Gasteiger partial charge in [0.2, 0.25) is 0 Å². The Kier molecular flexibility index (Phi) is 47.1. The third kappa shape index (κ3) is 48.7. The Hall–Kier alpha value is -4.19. The molecule has 0 aliphatic carbocycles. The first kappa shape index (κ1) is 58.8. The highest BCUT2D eigenvalue weighted by molar-refractivity contribution is 5.72. The van der Waals surface area contributed by atoms with Crippen LogP contribution in [0, 0.1) is 0 Å². The van der Waals surface area contributed by atoms with Crippen molar-refractivity contribution in [2.75, 3.05) is 13.2 Å². The van der Waals surface area contributed by atoms with E-state index in [9.17, 15) is 14.4 Å². The van der Waals surface area contributed by atoms with Crippen molar-refractivity contribution in [1.82, 2.24) is 0 Å². The lowest BCUT2D eigenvalue weighted by atomic mass is 10.1. The predicted octanol–water partition coefficient (Wildman–Crippen LogP) is 16.5. The lowest BCUT2D eigenvalue weighted by Gasteiger charge is -2.18. The molecule has 0 fully saturated rings. The fraction of sp³-hybridized carbons (Fsp3) is 0.596. The number of carbonyl (C=O) groups excluding carboxylic acids is 3. The molecule has 0 aromatic carbocycles. The van der Waals surface area contributed by atoms with Crippen molar-refractivity contribution in [1.29, 1.82) is 0 Å². The highest BCUT2D eigenvalue weighted by Crippen LogP contribution is 2.13. The van der Waals surface area contributed by atoms with Gasteiger partial charge in [0.1, 0.15) is 13.2 Å². The summed E-state index contributed by atoms with van der Waals surface area (Å²) in [6.45, 7) is 6.27. The van der Waals surface area contributed by atoms with Crippen LogP contribution in [0.4, 0.5) is 0 Å². The van der Waals surface area contributed by atoms with Gasteiger partial charge in [0.25, 0.3) is 0 Å². The summed E-state index contributed by atoms with van der Waals surface area (Å²) in [4.78, 5) is 37.8. The number of ether oxygens (including phenoxy) is 3. The minimum absolute atomic E-state index is 0.0859. The Morgan fingerprint density at radius 3 is 1.05 bits per heavy atom. The predicted molar refractivity (Wildman–Crippen MR) is 269 cm³/mol. The normalized spacial score (nSPS) is 13.1. The van der Waals surface area contributed by atoms with Crippen LogP contribution >= 0.6 is 0 Å². The van der Waals surface area contributed by atoms with Gasteiger partial charge in [-0.25, -0.2) is 0 Å². The lowest BCUT2D eigenvalue weighted by molar-refractivity contribution is -0.166. The van der Waals surface area contributed by atoms with Crippen LogP contribution in [0.25, 0.3) is 0 Å². The van der Waals surface area contributed by atoms with Gasteiger partial charge in [-0.1, -0.05) is 213 Å². The van der Waals surface area contributed by atoms with Crippen LogP contribution in [-0.4, -0.2) is 37.2 Å². The van der Waals surface area contributed by atoms with E-state index < -0.39 is 12.1 Å². The first-order valence-corrected chi connectivity index (χ1v) is 25.0. The van der Waals surface area contributed by atoms with Crippen molar-refractivity contribution in [3.63, 3.8) is 0 Å². The summed E-state index contributed by atoms with van der Waals surface area (Å²) in [6.07, 6.45) is 69.2. The first-order chi connectivity index (χ1) is 31.0. The van der Waals surface area contributed by atoms with Gasteiger partial charge in [0, 0.05) is 12.8 Å². The molecule has 0 heterocycles. The molecule has 0 bridgehead atoms. The van der Waals surface area contributed by atoms with Gasteiger partial charge in [-0.2, -0.15) is 0 Å². The van der Waals surface area contributed by atoms with E-state index in [4.69, 9.17) is 14.2 Å². The van der Waals surface area contributed by atoms with Crippen molar-refractivity contribution in [3.05, 3.63) is 122 Å². The number of esters is 3. The van der Waals surface area contributed by atoms with Gasteiger partial charge in [0.15, 0.2) is 6.10 Å². The molecule has 0 N–H and O–H groups in total. The quantitative estimate of drug-likeness (QED) is 0.0263. The molecular formula is C57H90O6. The Morgan fingerprint density at radius 2 is 0.667 bits per heavy atom. The van der Waals surface area contributed by atoms with Crippen molar-refractivity contribution >= 4 is 17.9 Å². The zero-order valence-corrected chi connectivity index (χ0v) is 40.3. The van der Waals surface area contributed by atoms with Gasteiger partial charge >= 0.3 is 17.9 Å². The van der Waals surface area contributed by atoms with Crippen molar-refractivity contribution in [2.24, 2.45) is 0 Å². The maximum absolute atomic E-state index is 12.7. The molecule has 0 aromatic heterocycles. The largest absolute Gasteiger partial charge is 0.462 e. The van der Waals surface area contributed by atoms with Crippen LogP contribution in [0.1, 0.15) is 201 Å². The van der Waals surface area contributed by atoms with E-state index in [-0.39, 0.29) is 31.6 Å². The standard InChI is InChI=1S/C57H90O6/c1-4-7-10-13-16-19-22-24-26-27-28-29-31-32-35-38-41-44-47-50-56(59)62-53-54(52-61-55(58)49-46-43-40-37-34-21-18-15-12-9-6-3)63-57(60)51-48-45-42-39-36-33-30-25-23-20-17-14-11-8-5-2/h7-8,10-11,16-17,19-20,24-26,28-30,32,35-36,39,45,48,54H,4-6,9,12-15,18,21-23,27,31,33-34,37-38,40-44,46-47,49-53H2,1-3H3/b10-7-,11-8-,19-16-,20-17-,26-24-,29-28-,30-25-,35-32-,39-36-,48-45-. The molecule has 0 spiro atoms. The van der Waals surface area contributed by atoms with Crippen LogP contribution < -0.4 is 0 Å². The minimum atomic E-state index is -0.846. The van der Waals surface area contributed by atoms with Gasteiger partial charge in [-0.05, 0) is 89.9 Å². The van der Waals surface area contributed by atoms with E-state index in [2.05, 4.69) is 130 Å². The van der Waals surface area contributed by atoms with Crippen LogP contribution in [-0.2, 0) is 28.6 Å². The second-order valence-corrected chi connectivity index (χ2v) is 16.0. The number of allylic oxidation sites excluding steroid dienone is 19. The number of rotatable bonds is 43. The zero-order valence-electron chi connectivity index (χ0n) is 40.3. The molecule has 63 heavy (non-hydrogen) atoms. The third-order valence-corrected chi connectivity index (χ3v) is 9.99. The monoisotopic (exact) mass is 871 g/mol. The van der Waals surface area contributed by atoms with Crippen LogP contribution in [0.2, 0.25) is 0 Å². The maximum atomic E-state index is 12.7. The molecular weight excluding hydrogens is 781 g/mol. The number of hydrogen-bond donors (Lipinski definition) is 0. The van der Waals surface area contributed by atoms with Gasteiger partial charge in [0.05, 0.1) is 6.42 Å². The molecule has 354 valence electrons. The highest BCUT2D eigenvalue weighted by atomic mass is 16.6. The van der Waals surface area contributed by atoms with Gasteiger partial charge in [-0.15, -0.1) is 0 Å². The first-order valence-electron chi connectivity index (χ1n) is 25.0. The summed E-state index contributed by atoms with van der Waals surface area (Å²) in [5.74, 6) is -1.10. The van der Waals surface area contributed by atoms with Crippen LogP contribution in [0.15, 0.2) is 122 Å². The molecule has 0 saturated carbocycles. The average Bonchev–Trinajstić information content (AvgIpc) is 3.28. The van der Waals surface area contributed by atoms with E-state index in [1.54, 1.807) is 6.08 Å². The zero-order chi connectivity index (χ0) is 45.8. The Labute approximate surface area is 386 Å². The molecule has 6 heteroatoms. The van der Waals surface area contributed by atoms with Crippen molar-refractivity contribution in [2.45, 2.75) is 207 Å². The third-order valence-electron chi connectivity index (χ3n) is 9.99. The lowest BCUT2D eigenvalue weighted by Crippen LogP contribution is -2.30. The number of hydrogen-bond acceptors (Lipinski definition) is 6. The van der Waals surface area contributed by atoms with E-state index >= 15 is 0 Å². The topological polar surface area (TPSA) is 78.9 Å². The van der Waals surface area contributed by atoms with Gasteiger partial charge in [-0.3, -0.25) is 14.4 Å². The fourth-order valence-electron chi connectivity index (χ4n) is 6.31. The average molecular weight is 871 g/mol. The number of carbonyl (C=O) groups is 3. The van der Waals surface area contributed by atoms with Crippen molar-refractivity contribution < 1.29 is 28.6 Å². The van der Waals surface area contributed by atoms with E-state index in [0.29, 0.717) is 19.3 Å². The molecule has 0 radical (unpaired) electrons. The fourth-order valence-corrected chi connectivity index (χ4v) is 6.31. The summed E-state index contributed by atoms with van der Waals surface area (Å²) >= 11 is 0. The minimum Gasteiger partial charge on any atom is -0.462 e. The summed E-state index contributed by atoms with van der Waals surface area (Å²) in [5, 5.41) is 0. The second-order valence-electron chi connectivity index (χ2n) is 16.0. The molecule has 0 aliphatic heterocycles. The van der Waals surface area contributed by atoms with E-state index in [0.717, 1.165) is 103 Å².